The Morgan fingerprint density at radius 2 is 1.84 bits per heavy atom. The molecule has 0 bridgehead atoms. The number of carbonyl (C=O) groups excluding carboxylic acids is 2. The molecule has 1 aliphatic heterocycles. The van der Waals surface area contributed by atoms with Gasteiger partial charge in [-0.1, -0.05) is 41.9 Å². The van der Waals surface area contributed by atoms with Crippen LogP contribution in [0.15, 0.2) is 90.9 Å². The summed E-state index contributed by atoms with van der Waals surface area (Å²) in [6.07, 6.45) is 6.91. The molecule has 0 atom stereocenters. The highest BCUT2D eigenvalue weighted by Crippen LogP contribution is 2.32. The van der Waals surface area contributed by atoms with Crippen molar-refractivity contribution in [1.82, 2.24) is 19.7 Å². The van der Waals surface area contributed by atoms with Crippen LogP contribution in [0.1, 0.15) is 11.3 Å². The second kappa shape index (κ2) is 9.70. The molecular weight excluding hydrogens is 522 g/mol. The molecule has 3 aromatic carbocycles. The molecular formula is C28H18ClN5O3S. The number of fused-ring (bicyclic) bond motifs is 2. The van der Waals surface area contributed by atoms with E-state index in [9.17, 15) is 9.59 Å². The fourth-order valence-electron chi connectivity index (χ4n) is 4.28. The number of amides is 2. The van der Waals surface area contributed by atoms with Gasteiger partial charge >= 0.3 is 0 Å². The number of rotatable bonds is 5. The topological polar surface area (TPSA) is 88.8 Å². The summed E-state index contributed by atoms with van der Waals surface area (Å²) in [6, 6.07) is 19.9. The molecule has 3 heterocycles. The molecule has 1 saturated heterocycles. The molecule has 1 fully saturated rings. The van der Waals surface area contributed by atoms with Crippen molar-refractivity contribution in [1.29, 1.82) is 0 Å². The second-order valence-electron chi connectivity index (χ2n) is 8.48. The van der Waals surface area contributed by atoms with Crippen LogP contribution in [0.3, 0.4) is 0 Å². The van der Waals surface area contributed by atoms with E-state index in [0.29, 0.717) is 33.5 Å². The number of nitrogens with zero attached hydrogens (tertiary/aromatic N) is 4. The third kappa shape index (κ3) is 4.38. The minimum Gasteiger partial charge on any atom is -0.487 e. The largest absolute Gasteiger partial charge is 0.487 e. The maximum Gasteiger partial charge on any atom is 0.270 e. The SMILES string of the molecule is O=C1NC(=S)N(c2ccc(Cl)cc2)C(=O)/C1=C/c1c(OCc2cn3cccnc3n2)ccc2ccccc12. The number of thiocarbonyl (C=S) groups is 1. The summed E-state index contributed by atoms with van der Waals surface area (Å²) in [7, 11) is 0. The first-order valence-electron chi connectivity index (χ1n) is 11.6. The highest BCUT2D eigenvalue weighted by Gasteiger charge is 2.34. The van der Waals surface area contributed by atoms with E-state index in [1.807, 2.05) is 54.9 Å². The van der Waals surface area contributed by atoms with Gasteiger partial charge in [0.05, 0.1) is 11.4 Å². The summed E-state index contributed by atoms with van der Waals surface area (Å²) in [5.74, 6) is -0.0791. The molecule has 1 N–H and O–H groups in total. The lowest BCUT2D eigenvalue weighted by Gasteiger charge is -2.29. The van der Waals surface area contributed by atoms with Crippen molar-refractivity contribution in [3.05, 3.63) is 107 Å². The van der Waals surface area contributed by atoms with Crippen molar-refractivity contribution in [3.8, 4) is 5.75 Å². The average Bonchev–Trinajstić information content (AvgIpc) is 3.34. The third-order valence-corrected chi connectivity index (χ3v) is 6.60. The third-order valence-electron chi connectivity index (χ3n) is 6.07. The van der Waals surface area contributed by atoms with Crippen molar-refractivity contribution >= 4 is 69.1 Å². The van der Waals surface area contributed by atoms with Gasteiger partial charge in [0, 0.05) is 29.2 Å². The molecule has 0 saturated carbocycles. The highest BCUT2D eigenvalue weighted by molar-refractivity contribution is 7.80. The summed E-state index contributed by atoms with van der Waals surface area (Å²) < 4.78 is 7.98. The minimum absolute atomic E-state index is 0.00526. The van der Waals surface area contributed by atoms with Crippen molar-refractivity contribution in [2.24, 2.45) is 0 Å². The molecule has 38 heavy (non-hydrogen) atoms. The Morgan fingerprint density at radius 3 is 2.66 bits per heavy atom. The van der Waals surface area contributed by atoms with E-state index in [1.165, 1.54) is 4.90 Å². The lowest BCUT2D eigenvalue weighted by molar-refractivity contribution is -0.122. The molecule has 2 amide bonds. The minimum atomic E-state index is -0.587. The Balaban J connectivity index is 1.41. The first kappa shape index (κ1) is 23.8. The van der Waals surface area contributed by atoms with Crippen LogP contribution in [0.4, 0.5) is 5.69 Å². The molecule has 1 aliphatic rings. The van der Waals surface area contributed by atoms with Crippen LogP contribution < -0.4 is 15.0 Å². The summed E-state index contributed by atoms with van der Waals surface area (Å²) in [5.41, 5.74) is 1.69. The number of ether oxygens (including phenoxy) is 1. The van der Waals surface area contributed by atoms with Crippen molar-refractivity contribution in [2.45, 2.75) is 6.61 Å². The fourth-order valence-corrected chi connectivity index (χ4v) is 4.68. The molecule has 6 rings (SSSR count). The van der Waals surface area contributed by atoms with Gasteiger partial charge in [0.2, 0.25) is 5.78 Å². The summed E-state index contributed by atoms with van der Waals surface area (Å²) in [6.45, 7) is 0.166. The average molecular weight is 540 g/mol. The van der Waals surface area contributed by atoms with Crippen LogP contribution in [0.5, 0.6) is 5.75 Å². The Labute approximate surface area is 227 Å². The van der Waals surface area contributed by atoms with Crippen molar-refractivity contribution < 1.29 is 14.3 Å². The number of halogens is 1. The smallest absolute Gasteiger partial charge is 0.270 e. The van der Waals surface area contributed by atoms with Crippen LogP contribution in [-0.2, 0) is 16.2 Å². The van der Waals surface area contributed by atoms with E-state index in [0.717, 1.165) is 10.8 Å². The number of anilines is 1. The van der Waals surface area contributed by atoms with Gasteiger partial charge in [-0.3, -0.25) is 24.2 Å². The van der Waals surface area contributed by atoms with E-state index in [4.69, 9.17) is 28.6 Å². The zero-order valence-electron chi connectivity index (χ0n) is 19.7. The lowest BCUT2D eigenvalue weighted by Crippen LogP contribution is -2.54. The van der Waals surface area contributed by atoms with Crippen molar-refractivity contribution in [2.75, 3.05) is 4.90 Å². The summed E-state index contributed by atoms with van der Waals surface area (Å²) in [5, 5.41) is 4.88. The number of carbonyl (C=O) groups is 2. The zero-order valence-corrected chi connectivity index (χ0v) is 21.2. The summed E-state index contributed by atoms with van der Waals surface area (Å²) in [4.78, 5) is 36.5. The fraction of sp³-hybridized carbons (Fsp3) is 0.0357. The second-order valence-corrected chi connectivity index (χ2v) is 9.30. The number of nitrogens with one attached hydrogen (secondary N) is 1. The quantitative estimate of drug-likeness (QED) is 0.193. The van der Waals surface area contributed by atoms with Gasteiger partial charge in [-0.25, -0.2) is 9.97 Å². The molecule has 186 valence electrons. The van der Waals surface area contributed by atoms with E-state index in [1.54, 1.807) is 40.9 Å². The van der Waals surface area contributed by atoms with Crippen LogP contribution in [-0.4, -0.2) is 31.3 Å². The van der Waals surface area contributed by atoms with Crippen LogP contribution >= 0.6 is 23.8 Å². The zero-order chi connectivity index (χ0) is 26.2. The number of benzene rings is 3. The predicted molar refractivity (Wildman–Crippen MR) is 149 cm³/mol. The van der Waals surface area contributed by atoms with Gasteiger partial charge < -0.3 is 4.74 Å². The first-order valence-corrected chi connectivity index (χ1v) is 12.4. The maximum absolute atomic E-state index is 13.6. The molecule has 5 aromatic rings. The number of hydrogen-bond acceptors (Lipinski definition) is 6. The normalized spacial score (nSPS) is 14.9. The van der Waals surface area contributed by atoms with Gasteiger partial charge in [-0.05, 0) is 65.5 Å². The van der Waals surface area contributed by atoms with Crippen LogP contribution in [0, 0.1) is 0 Å². The first-order chi connectivity index (χ1) is 18.5. The lowest BCUT2D eigenvalue weighted by atomic mass is 9.99. The number of imidazole rings is 1. The highest BCUT2D eigenvalue weighted by atomic mass is 35.5. The number of aromatic nitrogens is 3. The summed E-state index contributed by atoms with van der Waals surface area (Å²) >= 11 is 11.3. The molecule has 2 aromatic heterocycles. The molecule has 10 heteroatoms. The van der Waals surface area contributed by atoms with E-state index < -0.39 is 11.8 Å². The Morgan fingerprint density at radius 1 is 1.03 bits per heavy atom. The molecule has 8 nitrogen and oxygen atoms in total. The van der Waals surface area contributed by atoms with Gasteiger partial charge in [0.25, 0.3) is 11.8 Å². The van der Waals surface area contributed by atoms with Crippen LogP contribution in [0.2, 0.25) is 5.02 Å². The van der Waals surface area contributed by atoms with Crippen LogP contribution in [0.25, 0.3) is 22.6 Å². The number of hydrogen-bond donors (Lipinski definition) is 1. The van der Waals surface area contributed by atoms with Crippen molar-refractivity contribution in [3.63, 3.8) is 0 Å². The van der Waals surface area contributed by atoms with Gasteiger partial charge in [-0.2, -0.15) is 0 Å². The molecule has 0 aliphatic carbocycles. The Kier molecular flexibility index (Phi) is 6.07. The Hall–Kier alpha value is -4.60. The van der Waals surface area contributed by atoms with Gasteiger partial charge in [-0.15, -0.1) is 0 Å². The van der Waals surface area contributed by atoms with E-state index in [-0.39, 0.29) is 17.3 Å². The molecule has 0 radical (unpaired) electrons. The van der Waals surface area contributed by atoms with E-state index in [2.05, 4.69) is 15.3 Å². The predicted octanol–water partition coefficient (Wildman–Crippen LogP) is 4.95. The molecule has 0 spiro atoms. The monoisotopic (exact) mass is 539 g/mol. The maximum atomic E-state index is 13.6. The standard InChI is InChI=1S/C28H18ClN5O3S/c29-18-7-9-20(10-8-18)34-26(36)23(25(35)32-28(34)38)14-22-21-5-2-1-4-17(21)6-11-24(22)37-16-19-15-33-13-3-12-30-27(33)31-19/h1-15H,16H2,(H,32,35,38)/b23-14+. The van der Waals surface area contributed by atoms with Gasteiger partial charge in [0.1, 0.15) is 17.9 Å². The Bertz CT molecular complexity index is 1750. The van der Waals surface area contributed by atoms with Gasteiger partial charge in [0.15, 0.2) is 5.11 Å². The molecule has 0 unspecified atom stereocenters. The van der Waals surface area contributed by atoms with E-state index >= 15 is 0 Å².